The van der Waals surface area contributed by atoms with Crippen molar-refractivity contribution >= 4 is 5.97 Å². The summed E-state index contributed by atoms with van der Waals surface area (Å²) in [6.45, 7) is 12.7. The van der Waals surface area contributed by atoms with E-state index in [4.69, 9.17) is 18.9 Å². The molecule has 2 fully saturated rings. The number of esters is 1. The third kappa shape index (κ3) is 13.7. The van der Waals surface area contributed by atoms with E-state index in [0.29, 0.717) is 19.6 Å². The monoisotopic (exact) mass is 471 g/mol. The molecule has 1 N–H and O–H groups in total. The van der Waals surface area contributed by atoms with E-state index < -0.39 is 0 Å². The van der Waals surface area contributed by atoms with Crippen molar-refractivity contribution in [3.8, 4) is 0 Å². The maximum Gasteiger partial charge on any atom is 0.305 e. The lowest BCUT2D eigenvalue weighted by Crippen LogP contribution is -2.30. The van der Waals surface area contributed by atoms with Crippen LogP contribution in [-0.2, 0) is 23.7 Å². The molecule has 0 aromatic rings. The molecule has 2 unspecified atom stereocenters. The number of rotatable bonds is 16. The maximum absolute atomic E-state index is 12.0. The van der Waals surface area contributed by atoms with Crippen molar-refractivity contribution in [3.63, 3.8) is 0 Å². The van der Waals surface area contributed by atoms with E-state index in [1.54, 1.807) is 0 Å². The predicted molar refractivity (Wildman–Crippen MR) is 131 cm³/mol. The number of unbranched alkanes of at least 4 members (excludes halogenated alkanes) is 2. The molecule has 194 valence electrons. The third-order valence-electron chi connectivity index (χ3n) is 6.65. The SMILES string of the molecule is CC(C)(CCCCC(=O)OCCCCC(C)(C)COC1CCCC[OH+]1)COC1CCCCO1. The van der Waals surface area contributed by atoms with Crippen LogP contribution in [0.3, 0.4) is 0 Å². The van der Waals surface area contributed by atoms with Crippen LogP contribution in [0.1, 0.15) is 111 Å². The van der Waals surface area contributed by atoms with Crippen molar-refractivity contribution in [2.45, 2.75) is 124 Å². The van der Waals surface area contributed by atoms with Crippen molar-refractivity contribution in [1.29, 1.82) is 0 Å². The van der Waals surface area contributed by atoms with Crippen LogP contribution >= 0.6 is 0 Å². The fourth-order valence-electron chi connectivity index (χ4n) is 4.36. The molecule has 0 saturated carbocycles. The Hall–Kier alpha value is -0.690. The first-order valence-corrected chi connectivity index (χ1v) is 13.4. The third-order valence-corrected chi connectivity index (χ3v) is 6.65. The highest BCUT2D eigenvalue weighted by molar-refractivity contribution is 5.69. The number of carbonyl (C=O) groups excluding carboxylic acids is 1. The zero-order valence-electron chi connectivity index (χ0n) is 21.9. The molecule has 6 nitrogen and oxygen atoms in total. The molecular formula is C27H51O6+. The van der Waals surface area contributed by atoms with Crippen LogP contribution in [0.2, 0.25) is 0 Å². The highest BCUT2D eigenvalue weighted by Gasteiger charge is 2.25. The van der Waals surface area contributed by atoms with Crippen LogP contribution in [0.25, 0.3) is 0 Å². The average molecular weight is 472 g/mol. The Morgan fingerprint density at radius 1 is 0.879 bits per heavy atom. The molecule has 0 amide bonds. The van der Waals surface area contributed by atoms with Crippen molar-refractivity contribution < 1.29 is 28.5 Å². The number of carbonyl (C=O) groups is 1. The first-order valence-electron chi connectivity index (χ1n) is 13.4. The Kier molecular flexibility index (Phi) is 13.3. The second kappa shape index (κ2) is 15.3. The predicted octanol–water partition coefficient (Wildman–Crippen LogP) is 5.91. The summed E-state index contributed by atoms with van der Waals surface area (Å²) in [6.07, 6.45) is 13.4. The van der Waals surface area contributed by atoms with Gasteiger partial charge in [0.25, 0.3) is 6.29 Å². The summed E-state index contributed by atoms with van der Waals surface area (Å²) in [5, 5.41) is 0. The van der Waals surface area contributed by atoms with Gasteiger partial charge in [-0.3, -0.25) is 4.79 Å². The van der Waals surface area contributed by atoms with Gasteiger partial charge in [-0.2, -0.15) is 0 Å². The van der Waals surface area contributed by atoms with E-state index in [1.807, 2.05) is 0 Å². The van der Waals surface area contributed by atoms with Gasteiger partial charge in [0.05, 0.1) is 19.8 Å². The first kappa shape index (κ1) is 28.5. The molecule has 2 aliphatic rings. The smallest absolute Gasteiger partial charge is 0.305 e. The molecule has 2 heterocycles. The molecule has 0 spiro atoms. The summed E-state index contributed by atoms with van der Waals surface area (Å²) < 4.78 is 27.6. The molecular weight excluding hydrogens is 420 g/mol. The van der Waals surface area contributed by atoms with Gasteiger partial charge in [0.1, 0.15) is 6.61 Å². The van der Waals surface area contributed by atoms with E-state index in [0.717, 1.165) is 77.6 Å². The lowest BCUT2D eigenvalue weighted by atomic mass is 9.88. The minimum absolute atomic E-state index is 0.0292. The van der Waals surface area contributed by atoms with Crippen LogP contribution in [0.5, 0.6) is 0 Å². The molecule has 0 radical (unpaired) electrons. The van der Waals surface area contributed by atoms with Crippen molar-refractivity contribution in [1.82, 2.24) is 0 Å². The summed E-state index contributed by atoms with van der Waals surface area (Å²) >= 11 is 0. The Morgan fingerprint density at radius 3 is 2.24 bits per heavy atom. The van der Waals surface area contributed by atoms with Gasteiger partial charge in [-0.05, 0) is 68.6 Å². The van der Waals surface area contributed by atoms with Crippen LogP contribution in [0.4, 0.5) is 0 Å². The Balaban J connectivity index is 1.43. The van der Waals surface area contributed by atoms with E-state index >= 15 is 0 Å². The molecule has 2 aliphatic heterocycles. The van der Waals surface area contributed by atoms with Crippen LogP contribution < -0.4 is 0 Å². The highest BCUT2D eigenvalue weighted by atomic mass is 16.7. The van der Waals surface area contributed by atoms with Crippen LogP contribution in [-0.4, -0.2) is 56.3 Å². The van der Waals surface area contributed by atoms with Gasteiger partial charge in [-0.15, -0.1) is 0 Å². The second-order valence-electron chi connectivity index (χ2n) is 11.5. The molecule has 0 aliphatic carbocycles. The molecule has 2 rings (SSSR count). The topological polar surface area (TPSA) is 66.8 Å². The molecule has 2 saturated heterocycles. The fraction of sp³-hybridized carbons (Fsp3) is 0.963. The standard InChI is InChI=1S/C27H50O6/c1-26(2,21-32-24-14-6-10-19-30-24)16-8-5-13-23(28)29-18-12-9-17-27(3,4)22-33-25-15-7-11-20-31-25/h24-25H,5-22H2,1-4H3/p+1. The lowest BCUT2D eigenvalue weighted by molar-refractivity contribution is -0.264. The molecule has 33 heavy (non-hydrogen) atoms. The van der Waals surface area contributed by atoms with Gasteiger partial charge >= 0.3 is 5.97 Å². The zero-order valence-corrected chi connectivity index (χ0v) is 21.9. The Morgan fingerprint density at radius 2 is 1.58 bits per heavy atom. The minimum Gasteiger partial charge on any atom is -0.466 e. The summed E-state index contributed by atoms with van der Waals surface area (Å²) in [4.78, 5) is 12.0. The number of hydrogen-bond acceptors (Lipinski definition) is 5. The second-order valence-corrected chi connectivity index (χ2v) is 11.5. The van der Waals surface area contributed by atoms with Crippen LogP contribution in [0.15, 0.2) is 0 Å². The molecule has 0 aromatic carbocycles. The van der Waals surface area contributed by atoms with Gasteiger partial charge in [0.15, 0.2) is 6.29 Å². The van der Waals surface area contributed by atoms with Crippen molar-refractivity contribution in [3.05, 3.63) is 0 Å². The maximum atomic E-state index is 12.0. The van der Waals surface area contributed by atoms with Crippen LogP contribution in [0, 0.1) is 10.8 Å². The molecule has 2 atom stereocenters. The van der Waals surface area contributed by atoms with Gasteiger partial charge in [-0.1, -0.05) is 34.1 Å². The van der Waals surface area contributed by atoms with E-state index in [9.17, 15) is 4.79 Å². The Bertz CT molecular complexity index is 521. The van der Waals surface area contributed by atoms with E-state index in [-0.39, 0.29) is 29.4 Å². The quantitative estimate of drug-likeness (QED) is 0.159. The van der Waals surface area contributed by atoms with Gasteiger partial charge < -0.3 is 23.7 Å². The van der Waals surface area contributed by atoms with Gasteiger partial charge in [0.2, 0.25) is 0 Å². The summed E-state index contributed by atoms with van der Waals surface area (Å²) in [5.74, 6) is -0.0684. The molecule has 0 aromatic heterocycles. The normalized spacial score (nSPS) is 22.3. The molecule has 0 bridgehead atoms. The van der Waals surface area contributed by atoms with E-state index in [1.165, 1.54) is 19.3 Å². The number of hydrogen-bond donors (Lipinski definition) is 0. The summed E-state index contributed by atoms with van der Waals surface area (Å²) in [6, 6.07) is 0. The lowest BCUT2D eigenvalue weighted by Gasteiger charge is -2.29. The van der Waals surface area contributed by atoms with Gasteiger partial charge in [-0.25, -0.2) is 0 Å². The zero-order chi connectivity index (χ0) is 24.0. The average Bonchev–Trinajstić information content (AvgIpc) is 2.80. The largest absolute Gasteiger partial charge is 0.466 e. The fourth-order valence-corrected chi connectivity index (χ4v) is 4.36. The Labute approximate surface area is 202 Å². The van der Waals surface area contributed by atoms with Crippen molar-refractivity contribution in [2.24, 2.45) is 10.8 Å². The van der Waals surface area contributed by atoms with E-state index in [2.05, 4.69) is 32.4 Å². The summed E-state index contributed by atoms with van der Waals surface area (Å²) in [5.41, 5.74) is 0.239. The van der Waals surface area contributed by atoms with Crippen molar-refractivity contribution in [2.75, 3.05) is 33.0 Å². The summed E-state index contributed by atoms with van der Waals surface area (Å²) in [7, 11) is 0. The number of aliphatic hydroxyl groups is 2. The number of ether oxygens (including phenoxy) is 5. The first-order chi connectivity index (χ1) is 15.8. The van der Waals surface area contributed by atoms with Gasteiger partial charge in [0, 0.05) is 25.9 Å². The molecule has 6 heteroatoms. The highest BCUT2D eigenvalue weighted by Crippen LogP contribution is 2.27. The minimum atomic E-state index is -0.0684.